The van der Waals surface area contributed by atoms with E-state index in [2.05, 4.69) is 18.2 Å². The van der Waals surface area contributed by atoms with Crippen molar-refractivity contribution in [1.82, 2.24) is 19.8 Å². The number of rotatable bonds is 6. The van der Waals surface area contributed by atoms with Gasteiger partial charge in [-0.1, -0.05) is 127 Å². The Kier molecular flexibility index (Phi) is 7.00. The molecule has 0 saturated carbocycles. The number of benzene rings is 5. The quantitative estimate of drug-likeness (QED) is 0.193. The predicted octanol–water partition coefficient (Wildman–Crippen LogP) is 8.75. The Hall–Kier alpha value is -6.14. The van der Waals surface area contributed by atoms with Gasteiger partial charge in [-0.15, -0.1) is 0 Å². The van der Waals surface area contributed by atoms with Crippen LogP contribution in [0.25, 0.3) is 39.1 Å². The highest BCUT2D eigenvalue weighted by Crippen LogP contribution is 2.38. The maximum Gasteiger partial charge on any atom is 0.275 e. The summed E-state index contributed by atoms with van der Waals surface area (Å²) >= 11 is 0. The molecule has 0 bridgehead atoms. The third kappa shape index (κ3) is 5.06. The van der Waals surface area contributed by atoms with Crippen LogP contribution in [0.15, 0.2) is 163 Å². The second kappa shape index (κ2) is 11.7. The molecular formula is C40H29N5O. The minimum Gasteiger partial charge on any atom is -0.267 e. The molecule has 1 unspecified atom stereocenters. The van der Waals surface area contributed by atoms with Crippen LogP contribution in [0.4, 0.5) is 0 Å². The molecular weight excluding hydrogens is 566 g/mol. The van der Waals surface area contributed by atoms with Gasteiger partial charge in [0.2, 0.25) is 0 Å². The normalized spacial score (nSPS) is 14.4. The lowest BCUT2D eigenvalue weighted by atomic mass is 9.99. The second-order valence-electron chi connectivity index (χ2n) is 11.3. The van der Waals surface area contributed by atoms with E-state index in [9.17, 15) is 4.79 Å². The molecule has 0 aliphatic carbocycles. The van der Waals surface area contributed by atoms with Crippen LogP contribution >= 0.6 is 0 Å². The zero-order valence-electron chi connectivity index (χ0n) is 24.9. The summed E-state index contributed by atoms with van der Waals surface area (Å²) in [5.74, 6) is -0.186. The number of carbonyl (C=O) groups is 1. The maximum atomic E-state index is 14.9. The zero-order chi connectivity index (χ0) is 30.9. The Morgan fingerprint density at radius 2 is 1.17 bits per heavy atom. The summed E-state index contributed by atoms with van der Waals surface area (Å²) in [7, 11) is 0. The molecule has 1 atom stereocenters. The van der Waals surface area contributed by atoms with Crippen molar-refractivity contribution >= 4 is 22.5 Å². The van der Waals surface area contributed by atoms with Crippen molar-refractivity contribution in [3.05, 3.63) is 175 Å². The number of fused-ring (bicyclic) bond motifs is 1. The first-order valence-corrected chi connectivity index (χ1v) is 15.4. The molecule has 0 spiro atoms. The Balaban J connectivity index is 1.31. The topological polar surface area (TPSA) is 63.4 Å². The molecule has 1 aliphatic rings. The van der Waals surface area contributed by atoms with E-state index in [1.54, 1.807) is 5.01 Å². The molecule has 5 aromatic carbocycles. The van der Waals surface area contributed by atoms with Crippen LogP contribution in [0.2, 0.25) is 0 Å². The Morgan fingerprint density at radius 3 is 1.85 bits per heavy atom. The van der Waals surface area contributed by atoms with E-state index >= 15 is 0 Å². The van der Waals surface area contributed by atoms with Crippen LogP contribution in [0.1, 0.15) is 34.1 Å². The average molecular weight is 596 g/mol. The number of carbonyl (C=O) groups excluding carboxylic acids is 1. The van der Waals surface area contributed by atoms with Crippen molar-refractivity contribution in [2.75, 3.05) is 0 Å². The fourth-order valence-electron chi connectivity index (χ4n) is 6.12. The van der Waals surface area contributed by atoms with Gasteiger partial charge in [-0.2, -0.15) is 10.2 Å². The minimum atomic E-state index is -0.403. The van der Waals surface area contributed by atoms with E-state index in [-0.39, 0.29) is 5.91 Å². The third-order valence-electron chi connectivity index (χ3n) is 8.39. The SMILES string of the molecule is O=C(c1cc(-c2ccccc2)nc2ccccc12)N1N=C(c2ccccc2)CC1c1cc(-c2ccccc2)nn1-c1ccccc1. The van der Waals surface area contributed by atoms with Crippen LogP contribution in [0, 0.1) is 0 Å². The number of hydrazone groups is 1. The van der Waals surface area contributed by atoms with Crippen LogP contribution in [-0.4, -0.2) is 31.4 Å². The van der Waals surface area contributed by atoms with Gasteiger partial charge >= 0.3 is 0 Å². The molecule has 0 fully saturated rings. The molecule has 0 saturated heterocycles. The van der Waals surface area contributed by atoms with Crippen molar-refractivity contribution < 1.29 is 4.79 Å². The first kappa shape index (κ1) is 27.4. The van der Waals surface area contributed by atoms with Gasteiger partial charge in [0, 0.05) is 22.9 Å². The van der Waals surface area contributed by atoms with Crippen molar-refractivity contribution in [2.24, 2.45) is 5.10 Å². The molecule has 1 aliphatic heterocycles. The second-order valence-corrected chi connectivity index (χ2v) is 11.3. The Labute approximate surface area is 266 Å². The summed E-state index contributed by atoms with van der Waals surface area (Å²) in [6.07, 6.45) is 0.539. The lowest BCUT2D eigenvalue weighted by Crippen LogP contribution is -2.29. The number of amides is 1. The van der Waals surface area contributed by atoms with Gasteiger partial charge in [-0.3, -0.25) is 4.79 Å². The van der Waals surface area contributed by atoms with E-state index in [4.69, 9.17) is 15.2 Å². The van der Waals surface area contributed by atoms with Gasteiger partial charge in [-0.25, -0.2) is 14.7 Å². The van der Waals surface area contributed by atoms with E-state index in [1.165, 1.54) is 0 Å². The highest BCUT2D eigenvalue weighted by molar-refractivity contribution is 6.10. The van der Waals surface area contributed by atoms with Crippen molar-refractivity contribution in [3.8, 4) is 28.2 Å². The zero-order valence-corrected chi connectivity index (χ0v) is 24.9. The average Bonchev–Trinajstić information content (AvgIpc) is 3.78. The number of hydrogen-bond donors (Lipinski definition) is 0. The number of para-hydroxylation sites is 2. The summed E-state index contributed by atoms with van der Waals surface area (Å²) in [4.78, 5) is 19.8. The molecule has 0 N–H and O–H groups in total. The predicted molar refractivity (Wildman–Crippen MR) is 183 cm³/mol. The summed E-state index contributed by atoms with van der Waals surface area (Å²) in [5.41, 5.74) is 8.49. The Morgan fingerprint density at radius 1 is 0.609 bits per heavy atom. The van der Waals surface area contributed by atoms with Gasteiger partial charge in [0.05, 0.1) is 39.6 Å². The molecule has 2 aromatic heterocycles. The number of nitrogens with zero attached hydrogens (tertiary/aromatic N) is 5. The third-order valence-corrected chi connectivity index (χ3v) is 8.39. The highest BCUT2D eigenvalue weighted by Gasteiger charge is 2.37. The molecule has 6 nitrogen and oxygen atoms in total. The van der Waals surface area contributed by atoms with Crippen LogP contribution in [-0.2, 0) is 0 Å². The summed E-state index contributed by atoms with van der Waals surface area (Å²) in [6, 6.07) is 51.6. The highest BCUT2D eigenvalue weighted by atomic mass is 16.2. The molecule has 46 heavy (non-hydrogen) atoms. The van der Waals surface area contributed by atoms with Crippen molar-refractivity contribution in [2.45, 2.75) is 12.5 Å². The van der Waals surface area contributed by atoms with E-state index in [0.29, 0.717) is 12.0 Å². The monoisotopic (exact) mass is 595 g/mol. The van der Waals surface area contributed by atoms with Crippen LogP contribution in [0.5, 0.6) is 0 Å². The smallest absolute Gasteiger partial charge is 0.267 e. The molecule has 8 rings (SSSR count). The van der Waals surface area contributed by atoms with E-state index < -0.39 is 6.04 Å². The first-order valence-electron chi connectivity index (χ1n) is 15.4. The summed E-state index contributed by atoms with van der Waals surface area (Å²) in [6.45, 7) is 0. The fourth-order valence-corrected chi connectivity index (χ4v) is 6.12. The minimum absolute atomic E-state index is 0.186. The van der Waals surface area contributed by atoms with E-state index in [1.807, 2.05) is 144 Å². The van der Waals surface area contributed by atoms with Gasteiger partial charge in [0.15, 0.2) is 0 Å². The lowest BCUT2D eigenvalue weighted by molar-refractivity contribution is 0.0708. The summed E-state index contributed by atoms with van der Waals surface area (Å²) < 4.78 is 1.96. The Bertz CT molecular complexity index is 2190. The van der Waals surface area contributed by atoms with Gasteiger partial charge in [-0.05, 0) is 35.9 Å². The molecule has 220 valence electrons. The number of pyridine rings is 1. The molecule has 1 amide bonds. The molecule has 7 aromatic rings. The maximum absolute atomic E-state index is 14.9. The first-order chi connectivity index (χ1) is 22.7. The van der Waals surface area contributed by atoms with Crippen LogP contribution < -0.4 is 0 Å². The largest absolute Gasteiger partial charge is 0.275 e. The van der Waals surface area contributed by atoms with Crippen LogP contribution in [0.3, 0.4) is 0 Å². The van der Waals surface area contributed by atoms with E-state index in [0.717, 1.165) is 56.1 Å². The standard InChI is InChI=1S/C40H29N5O/c46-40(33-25-35(28-15-5-1-6-16-28)41-34-24-14-13-23-32(33)34)45-39(27-37(43-45)30-19-9-3-10-20-30)38-26-36(29-17-7-2-8-18-29)42-44(38)31-21-11-4-12-22-31/h1-26,39H,27H2. The molecule has 0 radical (unpaired) electrons. The van der Waals surface area contributed by atoms with Crippen molar-refractivity contribution in [3.63, 3.8) is 0 Å². The molecule has 3 heterocycles. The summed E-state index contributed by atoms with van der Waals surface area (Å²) in [5, 5.41) is 12.6. The van der Waals surface area contributed by atoms with Gasteiger partial charge < -0.3 is 0 Å². The van der Waals surface area contributed by atoms with Gasteiger partial charge in [0.1, 0.15) is 6.04 Å². The fraction of sp³-hybridized carbons (Fsp3) is 0.0500. The number of hydrogen-bond acceptors (Lipinski definition) is 4. The number of aromatic nitrogens is 3. The lowest BCUT2D eigenvalue weighted by Gasteiger charge is -2.23. The van der Waals surface area contributed by atoms with Crippen molar-refractivity contribution in [1.29, 1.82) is 0 Å². The van der Waals surface area contributed by atoms with Gasteiger partial charge in [0.25, 0.3) is 5.91 Å². The molecule has 6 heteroatoms.